The first-order valence-corrected chi connectivity index (χ1v) is 6.30. The standard InChI is InChI=1S/C15H21N/c1-14(2,3)16-10-15(11-16)8-12-6-4-5-7-13(12)9-15/h4-7H,8-11H2,1-3H3. The maximum absolute atomic E-state index is 2.61. The summed E-state index contributed by atoms with van der Waals surface area (Å²) in [4.78, 5) is 2.61. The van der Waals surface area contributed by atoms with Crippen molar-refractivity contribution in [2.75, 3.05) is 13.1 Å². The normalized spacial score (nSPS) is 23.2. The number of nitrogens with zero attached hydrogens (tertiary/aromatic N) is 1. The monoisotopic (exact) mass is 215 g/mol. The van der Waals surface area contributed by atoms with E-state index >= 15 is 0 Å². The molecular formula is C15H21N. The van der Waals surface area contributed by atoms with E-state index < -0.39 is 0 Å². The van der Waals surface area contributed by atoms with Crippen LogP contribution in [-0.4, -0.2) is 23.5 Å². The molecule has 1 saturated heterocycles. The fraction of sp³-hybridized carbons (Fsp3) is 0.600. The van der Waals surface area contributed by atoms with Gasteiger partial charge in [0.1, 0.15) is 0 Å². The number of rotatable bonds is 0. The first-order chi connectivity index (χ1) is 7.49. The Kier molecular flexibility index (Phi) is 2.00. The highest BCUT2D eigenvalue weighted by atomic mass is 15.3. The van der Waals surface area contributed by atoms with E-state index in [9.17, 15) is 0 Å². The maximum Gasteiger partial charge on any atom is 0.0125 e. The Labute approximate surface area is 98.5 Å². The number of hydrogen-bond acceptors (Lipinski definition) is 1. The minimum absolute atomic E-state index is 0.347. The summed E-state index contributed by atoms with van der Waals surface area (Å²) in [5.41, 5.74) is 4.11. The summed E-state index contributed by atoms with van der Waals surface area (Å²) in [5, 5.41) is 0. The molecule has 0 unspecified atom stereocenters. The topological polar surface area (TPSA) is 3.24 Å². The third-order valence-electron chi connectivity index (χ3n) is 4.25. The van der Waals surface area contributed by atoms with Gasteiger partial charge < -0.3 is 0 Å². The van der Waals surface area contributed by atoms with Crippen LogP contribution in [0.2, 0.25) is 0 Å². The van der Waals surface area contributed by atoms with E-state index in [0.29, 0.717) is 11.0 Å². The Morgan fingerprint density at radius 1 is 1.00 bits per heavy atom. The molecule has 2 aliphatic rings. The lowest BCUT2D eigenvalue weighted by Gasteiger charge is -2.54. The highest BCUT2D eigenvalue weighted by Gasteiger charge is 2.49. The lowest BCUT2D eigenvalue weighted by atomic mass is 9.75. The number of hydrogen-bond donors (Lipinski definition) is 0. The summed E-state index contributed by atoms with van der Waals surface area (Å²) < 4.78 is 0. The predicted molar refractivity (Wildman–Crippen MR) is 67.6 cm³/mol. The van der Waals surface area contributed by atoms with Gasteiger partial charge in [-0.2, -0.15) is 0 Å². The Morgan fingerprint density at radius 2 is 1.50 bits per heavy atom. The molecule has 1 aromatic carbocycles. The van der Waals surface area contributed by atoms with Crippen LogP contribution in [0.15, 0.2) is 24.3 Å². The van der Waals surface area contributed by atoms with Gasteiger partial charge in [-0.25, -0.2) is 0 Å². The molecule has 1 fully saturated rings. The van der Waals surface area contributed by atoms with Gasteiger partial charge in [-0.15, -0.1) is 0 Å². The van der Waals surface area contributed by atoms with Gasteiger partial charge >= 0.3 is 0 Å². The summed E-state index contributed by atoms with van der Waals surface area (Å²) in [7, 11) is 0. The summed E-state index contributed by atoms with van der Waals surface area (Å²) in [6.45, 7) is 9.53. The average Bonchev–Trinajstić information content (AvgIpc) is 2.52. The van der Waals surface area contributed by atoms with E-state index in [0.717, 1.165) is 0 Å². The van der Waals surface area contributed by atoms with Crippen molar-refractivity contribution >= 4 is 0 Å². The molecule has 1 heteroatoms. The molecule has 1 heterocycles. The van der Waals surface area contributed by atoms with Crippen LogP contribution in [0.3, 0.4) is 0 Å². The maximum atomic E-state index is 2.61. The molecule has 0 aromatic heterocycles. The Balaban J connectivity index is 1.75. The first-order valence-electron chi connectivity index (χ1n) is 6.30. The summed E-state index contributed by atoms with van der Waals surface area (Å²) in [5.74, 6) is 0. The van der Waals surface area contributed by atoms with Crippen molar-refractivity contribution in [1.82, 2.24) is 4.90 Å². The lowest BCUT2D eigenvalue weighted by Crippen LogP contribution is -2.63. The van der Waals surface area contributed by atoms with E-state index in [-0.39, 0.29) is 0 Å². The van der Waals surface area contributed by atoms with Crippen molar-refractivity contribution in [1.29, 1.82) is 0 Å². The number of fused-ring (bicyclic) bond motifs is 1. The molecule has 1 aliphatic heterocycles. The van der Waals surface area contributed by atoms with E-state index in [1.807, 2.05) is 0 Å². The second-order valence-electron chi connectivity index (χ2n) is 6.65. The zero-order valence-corrected chi connectivity index (χ0v) is 10.6. The van der Waals surface area contributed by atoms with Gasteiger partial charge in [0.05, 0.1) is 0 Å². The Bertz CT molecular complexity index is 381. The molecule has 0 amide bonds. The van der Waals surface area contributed by atoms with Gasteiger partial charge in [0.25, 0.3) is 0 Å². The van der Waals surface area contributed by atoms with Crippen molar-refractivity contribution in [2.24, 2.45) is 5.41 Å². The molecule has 1 spiro atoms. The first kappa shape index (κ1) is 10.3. The summed E-state index contributed by atoms with van der Waals surface area (Å²) >= 11 is 0. The number of benzene rings is 1. The van der Waals surface area contributed by atoms with Gasteiger partial charge in [0.15, 0.2) is 0 Å². The quantitative estimate of drug-likeness (QED) is 0.643. The van der Waals surface area contributed by atoms with Crippen molar-refractivity contribution in [3.05, 3.63) is 35.4 Å². The fourth-order valence-corrected chi connectivity index (χ4v) is 3.23. The summed E-state index contributed by atoms with van der Waals surface area (Å²) in [6, 6.07) is 8.98. The van der Waals surface area contributed by atoms with Crippen LogP contribution in [0.1, 0.15) is 31.9 Å². The van der Waals surface area contributed by atoms with Crippen molar-refractivity contribution in [2.45, 2.75) is 39.2 Å². The van der Waals surface area contributed by atoms with Gasteiger partial charge in [-0.3, -0.25) is 4.90 Å². The second kappa shape index (κ2) is 3.10. The largest absolute Gasteiger partial charge is 0.297 e. The molecule has 0 saturated carbocycles. The van der Waals surface area contributed by atoms with Crippen LogP contribution in [0, 0.1) is 5.41 Å². The van der Waals surface area contributed by atoms with Crippen LogP contribution in [0.25, 0.3) is 0 Å². The van der Waals surface area contributed by atoms with E-state index in [4.69, 9.17) is 0 Å². The van der Waals surface area contributed by atoms with Crippen LogP contribution in [0.4, 0.5) is 0 Å². The zero-order chi connectivity index (χ0) is 11.4. The molecule has 1 aromatic rings. The highest BCUT2D eigenvalue weighted by Crippen LogP contribution is 2.45. The Hall–Kier alpha value is -0.820. The highest BCUT2D eigenvalue weighted by molar-refractivity contribution is 5.36. The number of likely N-dealkylation sites (tertiary alicyclic amines) is 1. The van der Waals surface area contributed by atoms with E-state index in [1.54, 1.807) is 11.1 Å². The zero-order valence-electron chi connectivity index (χ0n) is 10.6. The minimum atomic E-state index is 0.347. The van der Waals surface area contributed by atoms with Crippen LogP contribution in [0.5, 0.6) is 0 Å². The van der Waals surface area contributed by atoms with Gasteiger partial charge in [0, 0.05) is 24.0 Å². The van der Waals surface area contributed by atoms with Crippen LogP contribution >= 0.6 is 0 Å². The predicted octanol–water partition coefficient (Wildman–Crippen LogP) is 2.89. The molecule has 0 atom stereocenters. The Morgan fingerprint density at radius 3 is 1.94 bits per heavy atom. The van der Waals surface area contributed by atoms with Crippen LogP contribution < -0.4 is 0 Å². The smallest absolute Gasteiger partial charge is 0.0125 e. The summed E-state index contributed by atoms with van der Waals surface area (Å²) in [6.07, 6.45) is 2.60. The van der Waals surface area contributed by atoms with Gasteiger partial charge in [-0.05, 0) is 44.7 Å². The second-order valence-corrected chi connectivity index (χ2v) is 6.65. The third kappa shape index (κ3) is 1.49. The lowest BCUT2D eigenvalue weighted by molar-refractivity contribution is -0.0527. The van der Waals surface area contributed by atoms with Gasteiger partial charge in [0.2, 0.25) is 0 Å². The molecule has 1 aliphatic carbocycles. The van der Waals surface area contributed by atoms with E-state index in [2.05, 4.69) is 49.9 Å². The molecular weight excluding hydrogens is 194 g/mol. The molecule has 0 N–H and O–H groups in total. The van der Waals surface area contributed by atoms with Crippen molar-refractivity contribution in [3.63, 3.8) is 0 Å². The third-order valence-corrected chi connectivity index (χ3v) is 4.25. The minimum Gasteiger partial charge on any atom is -0.297 e. The molecule has 0 radical (unpaired) electrons. The molecule has 16 heavy (non-hydrogen) atoms. The van der Waals surface area contributed by atoms with Crippen LogP contribution in [-0.2, 0) is 12.8 Å². The molecule has 0 bridgehead atoms. The van der Waals surface area contributed by atoms with Gasteiger partial charge in [-0.1, -0.05) is 24.3 Å². The average molecular weight is 215 g/mol. The molecule has 3 rings (SSSR count). The van der Waals surface area contributed by atoms with Crippen molar-refractivity contribution in [3.8, 4) is 0 Å². The SMILES string of the molecule is CC(C)(C)N1CC2(Cc3ccccc3C2)C1. The van der Waals surface area contributed by atoms with E-state index in [1.165, 1.54) is 25.9 Å². The fourth-order valence-electron chi connectivity index (χ4n) is 3.23. The molecule has 1 nitrogen and oxygen atoms in total. The molecule has 86 valence electrons. The van der Waals surface area contributed by atoms with Crippen molar-refractivity contribution < 1.29 is 0 Å².